The predicted molar refractivity (Wildman–Crippen MR) is 75.3 cm³/mol. The number of hydrogen-bond donors (Lipinski definition) is 1. The Morgan fingerprint density at radius 2 is 1.85 bits per heavy atom. The lowest BCUT2D eigenvalue weighted by Gasteiger charge is -2.33. The van der Waals surface area contributed by atoms with E-state index in [1.54, 1.807) is 9.80 Å². The molecular formula is C14H24N4O2. The first-order valence-electron chi connectivity index (χ1n) is 7.58. The molecule has 20 heavy (non-hydrogen) atoms. The minimum Gasteiger partial charge on any atom is -0.351 e. The van der Waals surface area contributed by atoms with Gasteiger partial charge in [-0.05, 0) is 45.8 Å². The van der Waals surface area contributed by atoms with Crippen LogP contribution in [0.4, 0.5) is 4.79 Å². The van der Waals surface area contributed by atoms with Crippen LogP contribution in [-0.2, 0) is 4.79 Å². The molecule has 3 aliphatic heterocycles. The van der Waals surface area contributed by atoms with Crippen LogP contribution in [0.3, 0.4) is 0 Å². The normalized spacial score (nSPS) is 31.8. The average Bonchev–Trinajstić information content (AvgIpc) is 2.66. The van der Waals surface area contributed by atoms with Crippen LogP contribution in [0.5, 0.6) is 0 Å². The zero-order valence-electron chi connectivity index (χ0n) is 12.3. The van der Waals surface area contributed by atoms with E-state index in [1.165, 1.54) is 0 Å². The number of piperidine rings is 2. The van der Waals surface area contributed by atoms with Crippen molar-refractivity contribution in [1.29, 1.82) is 0 Å². The van der Waals surface area contributed by atoms with Gasteiger partial charge in [-0.15, -0.1) is 0 Å². The van der Waals surface area contributed by atoms with E-state index in [-0.39, 0.29) is 24.0 Å². The van der Waals surface area contributed by atoms with Crippen LogP contribution in [0, 0.1) is 0 Å². The molecule has 0 aromatic heterocycles. The largest absolute Gasteiger partial charge is 0.351 e. The Morgan fingerprint density at radius 1 is 1.15 bits per heavy atom. The summed E-state index contributed by atoms with van der Waals surface area (Å²) in [7, 11) is 3.95. The average molecular weight is 280 g/mol. The highest BCUT2D eigenvalue weighted by Gasteiger charge is 2.45. The predicted octanol–water partition coefficient (Wildman–Crippen LogP) is 0.0952. The Balaban J connectivity index is 1.59. The Morgan fingerprint density at radius 3 is 2.55 bits per heavy atom. The fourth-order valence-corrected chi connectivity index (χ4v) is 3.56. The monoisotopic (exact) mass is 280 g/mol. The molecule has 6 heteroatoms. The van der Waals surface area contributed by atoms with E-state index in [0.717, 1.165) is 38.8 Å². The van der Waals surface area contributed by atoms with Crippen LogP contribution in [0.2, 0.25) is 0 Å². The molecule has 1 N–H and O–H groups in total. The van der Waals surface area contributed by atoms with Crippen LogP contribution < -0.4 is 5.32 Å². The third-order valence-electron chi connectivity index (χ3n) is 5.02. The van der Waals surface area contributed by atoms with Crippen molar-refractivity contribution in [2.24, 2.45) is 0 Å². The van der Waals surface area contributed by atoms with Gasteiger partial charge in [-0.2, -0.15) is 0 Å². The first-order valence-corrected chi connectivity index (χ1v) is 7.58. The first-order chi connectivity index (χ1) is 9.56. The van der Waals surface area contributed by atoms with E-state index in [9.17, 15) is 9.59 Å². The Kier molecular flexibility index (Phi) is 3.58. The maximum atomic E-state index is 12.5. The summed E-state index contributed by atoms with van der Waals surface area (Å²) < 4.78 is 0. The van der Waals surface area contributed by atoms with E-state index >= 15 is 0 Å². The number of likely N-dealkylation sites (N-methyl/N-ethyl adjacent to an activating group) is 1. The lowest BCUT2D eigenvalue weighted by atomic mass is 9.98. The Bertz CT molecular complexity index is 406. The van der Waals surface area contributed by atoms with E-state index in [2.05, 4.69) is 17.3 Å². The maximum Gasteiger partial charge on any atom is 0.320 e. The van der Waals surface area contributed by atoms with Crippen LogP contribution in [-0.4, -0.2) is 78.5 Å². The number of likely N-dealkylation sites (tertiary alicyclic amines) is 1. The second-order valence-corrected chi connectivity index (χ2v) is 6.38. The van der Waals surface area contributed by atoms with Crippen molar-refractivity contribution >= 4 is 11.9 Å². The second-order valence-electron chi connectivity index (χ2n) is 6.38. The first kappa shape index (κ1) is 13.7. The number of nitrogens with one attached hydrogen (secondary N) is 1. The molecular weight excluding hydrogens is 256 g/mol. The summed E-state index contributed by atoms with van der Waals surface area (Å²) in [6.07, 6.45) is 3.74. The highest BCUT2D eigenvalue weighted by molar-refractivity contribution is 5.88. The molecule has 1 unspecified atom stereocenters. The Labute approximate surface area is 120 Å². The maximum absolute atomic E-state index is 12.5. The summed E-state index contributed by atoms with van der Waals surface area (Å²) in [6, 6.07) is 0.320. The molecule has 0 radical (unpaired) electrons. The molecule has 0 saturated carbocycles. The minimum absolute atomic E-state index is 0.0102. The summed E-state index contributed by atoms with van der Waals surface area (Å²) in [6.45, 7) is 2.77. The van der Waals surface area contributed by atoms with E-state index in [1.807, 2.05) is 7.05 Å². The summed E-state index contributed by atoms with van der Waals surface area (Å²) >= 11 is 0. The topological polar surface area (TPSA) is 55.9 Å². The molecule has 3 amide bonds. The molecule has 3 aliphatic rings. The van der Waals surface area contributed by atoms with Crippen molar-refractivity contribution in [3.63, 3.8) is 0 Å². The van der Waals surface area contributed by atoms with Crippen molar-refractivity contribution < 1.29 is 9.59 Å². The van der Waals surface area contributed by atoms with Gasteiger partial charge in [0, 0.05) is 19.6 Å². The van der Waals surface area contributed by atoms with E-state index in [4.69, 9.17) is 0 Å². The van der Waals surface area contributed by atoms with Gasteiger partial charge in [0.05, 0.1) is 6.04 Å². The van der Waals surface area contributed by atoms with Crippen molar-refractivity contribution in [3.05, 3.63) is 0 Å². The van der Waals surface area contributed by atoms with Gasteiger partial charge in [-0.3, -0.25) is 4.79 Å². The minimum atomic E-state index is -0.261. The molecule has 3 heterocycles. The van der Waals surface area contributed by atoms with Gasteiger partial charge in [0.25, 0.3) is 0 Å². The van der Waals surface area contributed by atoms with Gasteiger partial charge in [0.1, 0.15) is 6.04 Å². The zero-order valence-corrected chi connectivity index (χ0v) is 12.3. The number of carbonyl (C=O) groups excluding carboxylic acids is 2. The molecule has 6 nitrogen and oxygen atoms in total. The van der Waals surface area contributed by atoms with Gasteiger partial charge in [0.15, 0.2) is 0 Å². The highest BCUT2D eigenvalue weighted by Crippen LogP contribution is 2.28. The van der Waals surface area contributed by atoms with Crippen LogP contribution >= 0.6 is 0 Å². The summed E-state index contributed by atoms with van der Waals surface area (Å²) in [4.78, 5) is 30.4. The standard InChI is InChI=1S/C14H24N4O2/c1-16-7-5-10(6-8-16)15-13(19)12-4-3-11-9-18(12)14(20)17(11)2/h10-12H,3-9H2,1-2H3,(H,15,19)/t11?,12-/m0/s1. The van der Waals surface area contributed by atoms with Gasteiger partial charge >= 0.3 is 6.03 Å². The number of nitrogens with zero attached hydrogens (tertiary/aromatic N) is 3. The lowest BCUT2D eigenvalue weighted by molar-refractivity contribution is -0.127. The van der Waals surface area contributed by atoms with Crippen molar-refractivity contribution in [2.45, 2.75) is 43.8 Å². The Hall–Kier alpha value is -1.30. The number of urea groups is 1. The molecule has 2 atom stereocenters. The molecule has 3 rings (SSSR count). The molecule has 3 fully saturated rings. The molecule has 112 valence electrons. The summed E-state index contributed by atoms with van der Waals surface area (Å²) in [5.74, 6) is 0.0432. The molecule has 0 aromatic rings. The molecule has 0 aliphatic carbocycles. The second kappa shape index (κ2) is 5.24. The van der Waals surface area contributed by atoms with Crippen molar-refractivity contribution in [3.8, 4) is 0 Å². The van der Waals surface area contributed by atoms with Crippen molar-refractivity contribution in [2.75, 3.05) is 33.7 Å². The number of carbonyl (C=O) groups is 2. The number of hydrogen-bond acceptors (Lipinski definition) is 3. The number of fused-ring (bicyclic) bond motifs is 2. The molecule has 0 aromatic carbocycles. The number of rotatable bonds is 2. The number of amides is 3. The fraction of sp³-hybridized carbons (Fsp3) is 0.857. The van der Waals surface area contributed by atoms with Gasteiger partial charge in [-0.1, -0.05) is 0 Å². The quantitative estimate of drug-likeness (QED) is 0.780. The smallest absolute Gasteiger partial charge is 0.320 e. The van der Waals surface area contributed by atoms with Crippen LogP contribution in [0.25, 0.3) is 0 Å². The van der Waals surface area contributed by atoms with Crippen molar-refractivity contribution in [1.82, 2.24) is 20.0 Å². The zero-order chi connectivity index (χ0) is 14.3. The lowest BCUT2D eigenvalue weighted by Crippen LogP contribution is -2.53. The fourth-order valence-electron chi connectivity index (χ4n) is 3.56. The third kappa shape index (κ3) is 2.37. The third-order valence-corrected chi connectivity index (χ3v) is 5.02. The summed E-state index contributed by atoms with van der Waals surface area (Å²) in [5.41, 5.74) is 0. The molecule has 0 spiro atoms. The summed E-state index contributed by atoms with van der Waals surface area (Å²) in [5, 5.41) is 3.15. The van der Waals surface area contributed by atoms with E-state index < -0.39 is 0 Å². The highest BCUT2D eigenvalue weighted by atomic mass is 16.2. The SMILES string of the molecule is CN1CCC(NC(=O)[C@@H]2CCC3CN2C(=O)N3C)CC1. The van der Waals surface area contributed by atoms with Crippen LogP contribution in [0.15, 0.2) is 0 Å². The van der Waals surface area contributed by atoms with Gasteiger partial charge < -0.3 is 20.0 Å². The van der Waals surface area contributed by atoms with E-state index in [0.29, 0.717) is 12.6 Å². The molecule has 3 saturated heterocycles. The molecule has 2 bridgehead atoms. The van der Waals surface area contributed by atoms with Crippen LogP contribution in [0.1, 0.15) is 25.7 Å². The van der Waals surface area contributed by atoms with Gasteiger partial charge in [-0.25, -0.2) is 4.79 Å². The van der Waals surface area contributed by atoms with Gasteiger partial charge in [0.2, 0.25) is 5.91 Å².